The van der Waals surface area contributed by atoms with Crippen LogP contribution in [0.15, 0.2) is 6.07 Å². The van der Waals surface area contributed by atoms with Crippen LogP contribution in [-0.2, 0) is 0 Å². The first-order valence-electron chi connectivity index (χ1n) is 3.20. The Labute approximate surface area is 87.4 Å². The van der Waals surface area contributed by atoms with Crippen molar-refractivity contribution in [2.45, 2.75) is 0 Å². The van der Waals surface area contributed by atoms with Gasteiger partial charge in [-0.2, -0.15) is 4.98 Å². The third-order valence-corrected chi connectivity index (χ3v) is 2.20. The predicted octanol–water partition coefficient (Wildman–Crippen LogP) is 1.19. The maximum atomic E-state index is 10.5. The van der Waals surface area contributed by atoms with Gasteiger partial charge in [0, 0.05) is 6.07 Å². The van der Waals surface area contributed by atoms with Crippen LogP contribution < -0.4 is 10.5 Å². The SMILES string of the molecule is COc1nc(N)c(I)cc1[N+](=O)[O-]. The Bertz CT molecular complexity index is 355. The van der Waals surface area contributed by atoms with Gasteiger partial charge in [0.1, 0.15) is 5.82 Å². The van der Waals surface area contributed by atoms with Crippen LogP contribution in [0.1, 0.15) is 0 Å². The minimum Gasteiger partial charge on any atom is -0.476 e. The molecule has 0 atom stereocenters. The van der Waals surface area contributed by atoms with Gasteiger partial charge in [0.05, 0.1) is 15.6 Å². The van der Waals surface area contributed by atoms with Crippen molar-refractivity contribution in [3.63, 3.8) is 0 Å². The Morgan fingerprint density at radius 3 is 2.85 bits per heavy atom. The summed E-state index contributed by atoms with van der Waals surface area (Å²) in [6.45, 7) is 0. The molecule has 0 bridgehead atoms. The number of nitro groups is 1. The Hall–Kier alpha value is -1.12. The lowest BCUT2D eigenvalue weighted by atomic mass is 10.4. The normalized spacial score (nSPS) is 9.69. The molecule has 70 valence electrons. The highest BCUT2D eigenvalue weighted by Gasteiger charge is 2.18. The Morgan fingerprint density at radius 2 is 2.38 bits per heavy atom. The second-order valence-electron chi connectivity index (χ2n) is 2.14. The van der Waals surface area contributed by atoms with Crippen LogP contribution in [0, 0.1) is 13.7 Å². The zero-order chi connectivity index (χ0) is 10.0. The number of nitrogen functional groups attached to an aromatic ring is 1. The first-order valence-corrected chi connectivity index (χ1v) is 4.28. The van der Waals surface area contributed by atoms with E-state index in [0.717, 1.165) is 0 Å². The number of methoxy groups -OCH3 is 1. The average Bonchev–Trinajstić information content (AvgIpc) is 2.08. The topological polar surface area (TPSA) is 91.3 Å². The minimum atomic E-state index is -0.562. The van der Waals surface area contributed by atoms with E-state index < -0.39 is 4.92 Å². The number of halogens is 1. The Morgan fingerprint density at radius 1 is 1.77 bits per heavy atom. The minimum absolute atomic E-state index is 0.0667. The highest BCUT2D eigenvalue weighted by molar-refractivity contribution is 14.1. The number of nitrogens with two attached hydrogens (primary N) is 1. The molecule has 7 heteroatoms. The van der Waals surface area contributed by atoms with E-state index in [9.17, 15) is 10.1 Å². The lowest BCUT2D eigenvalue weighted by Crippen LogP contribution is -2.01. The van der Waals surface area contributed by atoms with E-state index in [0.29, 0.717) is 3.57 Å². The van der Waals surface area contributed by atoms with Crippen molar-refractivity contribution < 1.29 is 9.66 Å². The summed E-state index contributed by atoms with van der Waals surface area (Å²) in [5, 5.41) is 10.5. The smallest absolute Gasteiger partial charge is 0.332 e. The molecule has 0 saturated carbocycles. The standard InChI is InChI=1S/C6H6IN3O3/c1-13-6-4(10(11)12)2-3(7)5(8)9-6/h2H,1H3,(H2,8,9). The van der Waals surface area contributed by atoms with Crippen molar-refractivity contribution in [1.82, 2.24) is 4.98 Å². The van der Waals surface area contributed by atoms with Crippen LogP contribution in [0.3, 0.4) is 0 Å². The van der Waals surface area contributed by atoms with Gasteiger partial charge in [-0.3, -0.25) is 10.1 Å². The van der Waals surface area contributed by atoms with Crippen LogP contribution in [0.4, 0.5) is 11.5 Å². The van der Waals surface area contributed by atoms with Crippen LogP contribution in [0.2, 0.25) is 0 Å². The molecule has 1 aromatic heterocycles. The van der Waals surface area contributed by atoms with Gasteiger partial charge < -0.3 is 10.5 Å². The zero-order valence-electron chi connectivity index (χ0n) is 6.65. The van der Waals surface area contributed by atoms with E-state index in [-0.39, 0.29) is 17.4 Å². The number of nitrogens with zero attached hydrogens (tertiary/aromatic N) is 2. The van der Waals surface area contributed by atoms with E-state index >= 15 is 0 Å². The highest BCUT2D eigenvalue weighted by Crippen LogP contribution is 2.28. The third kappa shape index (κ3) is 1.97. The summed E-state index contributed by atoms with van der Waals surface area (Å²) in [6, 6.07) is 1.32. The summed E-state index contributed by atoms with van der Waals surface area (Å²) in [7, 11) is 1.31. The van der Waals surface area contributed by atoms with Gasteiger partial charge in [-0.15, -0.1) is 0 Å². The van der Waals surface area contributed by atoms with Gasteiger partial charge in [-0.05, 0) is 22.6 Å². The molecule has 0 aliphatic heterocycles. The fraction of sp³-hybridized carbons (Fsp3) is 0.167. The lowest BCUT2D eigenvalue weighted by molar-refractivity contribution is -0.386. The van der Waals surface area contributed by atoms with Crippen LogP contribution >= 0.6 is 22.6 Å². The average molecular weight is 295 g/mol. The van der Waals surface area contributed by atoms with Crippen LogP contribution in [0.25, 0.3) is 0 Å². The zero-order valence-corrected chi connectivity index (χ0v) is 8.81. The quantitative estimate of drug-likeness (QED) is 0.502. The van der Waals surface area contributed by atoms with Gasteiger partial charge in [0.2, 0.25) is 0 Å². The van der Waals surface area contributed by atoms with E-state index in [4.69, 9.17) is 10.5 Å². The van der Waals surface area contributed by atoms with E-state index in [2.05, 4.69) is 4.98 Å². The van der Waals surface area contributed by atoms with E-state index in [1.165, 1.54) is 13.2 Å². The summed E-state index contributed by atoms with van der Waals surface area (Å²) in [4.78, 5) is 13.6. The van der Waals surface area contributed by atoms with Crippen molar-refractivity contribution in [3.05, 3.63) is 19.8 Å². The van der Waals surface area contributed by atoms with Crippen molar-refractivity contribution in [1.29, 1.82) is 0 Å². The molecule has 0 unspecified atom stereocenters. The maximum Gasteiger partial charge on any atom is 0.332 e. The Kier molecular flexibility index (Phi) is 2.86. The number of ether oxygens (including phenoxy) is 1. The molecule has 13 heavy (non-hydrogen) atoms. The summed E-state index contributed by atoms with van der Waals surface area (Å²) < 4.78 is 5.24. The molecule has 0 saturated heterocycles. The predicted molar refractivity (Wildman–Crippen MR) is 54.6 cm³/mol. The molecule has 0 amide bonds. The molecule has 0 aliphatic carbocycles. The van der Waals surface area contributed by atoms with Crippen LogP contribution in [0.5, 0.6) is 5.88 Å². The van der Waals surface area contributed by atoms with Gasteiger partial charge in [-0.25, -0.2) is 0 Å². The van der Waals surface area contributed by atoms with Gasteiger partial charge >= 0.3 is 5.69 Å². The molecular formula is C6H6IN3O3. The summed E-state index contributed by atoms with van der Waals surface area (Å²) in [5.41, 5.74) is 5.26. The second-order valence-corrected chi connectivity index (χ2v) is 3.30. The van der Waals surface area contributed by atoms with Gasteiger partial charge in [0.15, 0.2) is 0 Å². The summed E-state index contributed by atoms with van der Waals surface area (Å²) in [5.74, 6) is 0.158. The summed E-state index contributed by atoms with van der Waals surface area (Å²) >= 11 is 1.87. The number of rotatable bonds is 2. The molecule has 0 fully saturated rings. The number of hydrogen-bond acceptors (Lipinski definition) is 5. The summed E-state index contributed by atoms with van der Waals surface area (Å²) in [6.07, 6.45) is 0. The van der Waals surface area contributed by atoms with E-state index in [1.807, 2.05) is 22.6 Å². The molecule has 0 radical (unpaired) electrons. The van der Waals surface area contributed by atoms with Gasteiger partial charge in [-0.1, -0.05) is 0 Å². The van der Waals surface area contributed by atoms with E-state index in [1.54, 1.807) is 0 Å². The number of anilines is 1. The first kappa shape index (κ1) is 9.96. The second kappa shape index (κ2) is 3.73. The third-order valence-electron chi connectivity index (χ3n) is 1.34. The molecule has 6 nitrogen and oxygen atoms in total. The monoisotopic (exact) mass is 295 g/mol. The van der Waals surface area contributed by atoms with Gasteiger partial charge in [0.25, 0.3) is 5.88 Å². The number of hydrogen-bond donors (Lipinski definition) is 1. The number of aromatic nitrogens is 1. The highest BCUT2D eigenvalue weighted by atomic mass is 127. The molecule has 0 aromatic carbocycles. The number of pyridine rings is 1. The first-order chi connectivity index (χ1) is 6.06. The maximum absolute atomic E-state index is 10.5. The molecular weight excluding hydrogens is 289 g/mol. The van der Waals surface area contributed by atoms with Crippen molar-refractivity contribution in [2.75, 3.05) is 12.8 Å². The van der Waals surface area contributed by atoms with Crippen LogP contribution in [-0.4, -0.2) is 17.0 Å². The largest absolute Gasteiger partial charge is 0.476 e. The lowest BCUT2D eigenvalue weighted by Gasteiger charge is -2.02. The van der Waals surface area contributed by atoms with Crippen molar-refractivity contribution in [3.8, 4) is 5.88 Å². The molecule has 1 aromatic rings. The van der Waals surface area contributed by atoms with Crippen molar-refractivity contribution >= 4 is 34.1 Å². The fourth-order valence-electron chi connectivity index (χ4n) is 0.757. The molecule has 1 rings (SSSR count). The fourth-order valence-corrected chi connectivity index (χ4v) is 1.17. The molecule has 2 N–H and O–H groups in total. The van der Waals surface area contributed by atoms with Crippen molar-refractivity contribution in [2.24, 2.45) is 0 Å². The molecule has 0 spiro atoms. The molecule has 0 aliphatic rings. The molecule has 1 heterocycles. The Balaban J connectivity index is 3.33.